The quantitative estimate of drug-likeness (QED) is 0.386. The van der Waals surface area contributed by atoms with Gasteiger partial charge < -0.3 is 4.74 Å². The summed E-state index contributed by atoms with van der Waals surface area (Å²) in [5, 5.41) is 1.84. The Hall–Kier alpha value is -2.59. The monoisotopic (exact) mass is 485 g/mol. The van der Waals surface area contributed by atoms with E-state index >= 15 is 0 Å². The molecule has 0 atom stereocenters. The number of nitroso groups, excluding NO2 is 1. The number of pyridine rings is 1. The maximum Gasteiger partial charge on any atom is 0.418 e. The first-order valence-corrected chi connectivity index (χ1v) is 10.8. The number of piperidine rings is 1. The van der Waals surface area contributed by atoms with E-state index in [1.165, 1.54) is 12.1 Å². The van der Waals surface area contributed by atoms with Crippen LogP contribution in [-0.4, -0.2) is 35.0 Å². The Morgan fingerprint density at radius 1 is 1.18 bits per heavy atom. The van der Waals surface area contributed by atoms with Crippen molar-refractivity contribution in [1.82, 2.24) is 9.88 Å². The number of hydrogen-bond acceptors (Lipinski definition) is 5. The minimum Gasteiger partial charge on any atom is -0.474 e. The number of benzene rings is 1. The zero-order valence-electron chi connectivity index (χ0n) is 17.4. The topological polar surface area (TPSA) is 71.9 Å². The molecular formula is C22H20ClF4N3O3. The van der Waals surface area contributed by atoms with Gasteiger partial charge in [0.2, 0.25) is 5.88 Å². The molecule has 0 N–H and O–H groups in total. The molecule has 1 aromatic carbocycles. The number of hydrogen-bond donors (Lipinski definition) is 0. The molecule has 0 spiro atoms. The van der Waals surface area contributed by atoms with E-state index in [1.807, 2.05) is 0 Å². The maximum absolute atomic E-state index is 14.4. The number of aromatic nitrogens is 1. The van der Waals surface area contributed by atoms with Crippen LogP contribution in [0.5, 0.6) is 5.88 Å². The number of halogens is 5. The lowest BCUT2D eigenvalue weighted by molar-refractivity contribution is -0.137. The molecule has 2 heterocycles. The number of nitrogens with zero attached hydrogens (tertiary/aromatic N) is 3. The van der Waals surface area contributed by atoms with Crippen LogP contribution in [0, 0.1) is 10.7 Å². The van der Waals surface area contributed by atoms with E-state index < -0.39 is 28.5 Å². The minimum absolute atomic E-state index is 0.132. The van der Waals surface area contributed by atoms with Crippen LogP contribution in [0.4, 0.5) is 17.6 Å². The molecule has 1 saturated heterocycles. The Labute approximate surface area is 191 Å². The number of carbonyl (C=O) groups is 1. The average molecular weight is 486 g/mol. The Morgan fingerprint density at radius 3 is 2.48 bits per heavy atom. The maximum atomic E-state index is 14.4. The fourth-order valence-corrected chi connectivity index (χ4v) is 4.26. The smallest absolute Gasteiger partial charge is 0.418 e. The standard InChI is InChI=1S/C22H20ClF4N3O3/c23-18-10-28-20(9-17(18)22(25,26)27)33-14-3-5-30(6-4-14)11-13-7-19(24)16(21(31)29-32)8-15(13)12-1-2-12/h7-10,12,14H,1-6,11H2. The number of likely N-dealkylation sites (tertiary alicyclic amines) is 1. The van der Waals surface area contributed by atoms with E-state index in [4.69, 9.17) is 16.3 Å². The fraction of sp³-hybridized carbons (Fsp3) is 0.455. The molecule has 1 aliphatic heterocycles. The Balaban J connectivity index is 1.40. The number of carbonyl (C=O) groups excluding carboxylic acids is 1. The molecule has 1 aromatic heterocycles. The van der Waals surface area contributed by atoms with Crippen LogP contribution in [-0.2, 0) is 12.7 Å². The second kappa shape index (κ2) is 9.34. The van der Waals surface area contributed by atoms with Crippen molar-refractivity contribution in [3.8, 4) is 5.88 Å². The fourth-order valence-electron chi connectivity index (χ4n) is 4.05. The van der Waals surface area contributed by atoms with Crippen molar-refractivity contribution in [2.24, 2.45) is 5.18 Å². The van der Waals surface area contributed by atoms with Gasteiger partial charge in [-0.2, -0.15) is 13.2 Å². The first kappa shape index (κ1) is 23.6. The van der Waals surface area contributed by atoms with Crippen molar-refractivity contribution in [2.75, 3.05) is 13.1 Å². The van der Waals surface area contributed by atoms with Crippen molar-refractivity contribution in [3.63, 3.8) is 0 Å². The molecule has 33 heavy (non-hydrogen) atoms. The molecule has 0 bridgehead atoms. The Bertz CT molecular complexity index is 1070. The lowest BCUT2D eigenvalue weighted by Gasteiger charge is -2.32. The first-order valence-electron chi connectivity index (χ1n) is 10.5. The van der Waals surface area contributed by atoms with Crippen LogP contribution >= 0.6 is 11.6 Å². The van der Waals surface area contributed by atoms with Gasteiger partial charge >= 0.3 is 12.1 Å². The van der Waals surface area contributed by atoms with Gasteiger partial charge in [-0.1, -0.05) is 11.6 Å². The third-order valence-electron chi connectivity index (χ3n) is 5.91. The lowest BCUT2D eigenvalue weighted by atomic mass is 9.97. The van der Waals surface area contributed by atoms with Gasteiger partial charge in [-0.15, -0.1) is 4.91 Å². The zero-order valence-corrected chi connectivity index (χ0v) is 18.1. The van der Waals surface area contributed by atoms with E-state index in [9.17, 15) is 27.3 Å². The van der Waals surface area contributed by atoms with Gasteiger partial charge in [0.25, 0.3) is 0 Å². The van der Waals surface area contributed by atoms with Gasteiger partial charge in [-0.05, 0) is 54.9 Å². The molecule has 2 aliphatic rings. The van der Waals surface area contributed by atoms with E-state index in [2.05, 4.69) is 15.1 Å². The van der Waals surface area contributed by atoms with Gasteiger partial charge in [-0.25, -0.2) is 9.37 Å². The predicted octanol–water partition coefficient (Wildman–Crippen LogP) is 5.72. The molecule has 0 unspecified atom stereocenters. The van der Waals surface area contributed by atoms with Gasteiger partial charge in [0, 0.05) is 30.9 Å². The Kier molecular flexibility index (Phi) is 6.67. The van der Waals surface area contributed by atoms with Crippen LogP contribution in [0.25, 0.3) is 0 Å². The second-order valence-corrected chi connectivity index (χ2v) is 8.70. The number of alkyl halides is 3. The summed E-state index contributed by atoms with van der Waals surface area (Å²) < 4.78 is 59.2. The van der Waals surface area contributed by atoms with Crippen molar-refractivity contribution < 1.29 is 27.1 Å². The van der Waals surface area contributed by atoms with Crippen LogP contribution in [0.15, 0.2) is 29.6 Å². The van der Waals surface area contributed by atoms with Crippen molar-refractivity contribution in [2.45, 2.75) is 50.4 Å². The van der Waals surface area contributed by atoms with Crippen LogP contribution < -0.4 is 4.74 Å². The third-order valence-corrected chi connectivity index (χ3v) is 6.21. The van der Waals surface area contributed by atoms with E-state index in [0.29, 0.717) is 32.5 Å². The van der Waals surface area contributed by atoms with Gasteiger partial charge in [0.15, 0.2) is 0 Å². The first-order chi connectivity index (χ1) is 15.7. The summed E-state index contributed by atoms with van der Waals surface area (Å²) in [5.41, 5.74) is 0.308. The van der Waals surface area contributed by atoms with Gasteiger partial charge in [0.05, 0.1) is 22.3 Å². The van der Waals surface area contributed by atoms with Crippen LogP contribution in [0.1, 0.15) is 58.6 Å². The van der Waals surface area contributed by atoms with Crippen LogP contribution in [0.3, 0.4) is 0 Å². The summed E-state index contributed by atoms with van der Waals surface area (Å²) >= 11 is 5.59. The van der Waals surface area contributed by atoms with Crippen molar-refractivity contribution in [1.29, 1.82) is 0 Å². The van der Waals surface area contributed by atoms with E-state index in [0.717, 1.165) is 36.2 Å². The normalized spacial score (nSPS) is 17.7. The summed E-state index contributed by atoms with van der Waals surface area (Å²) in [6, 6.07) is 3.54. The summed E-state index contributed by atoms with van der Waals surface area (Å²) in [7, 11) is 0. The molecule has 4 rings (SSSR count). The number of rotatable bonds is 6. The van der Waals surface area contributed by atoms with Gasteiger partial charge in [-0.3, -0.25) is 9.69 Å². The number of amides is 1. The van der Waals surface area contributed by atoms with Gasteiger partial charge in [0.1, 0.15) is 11.9 Å². The van der Waals surface area contributed by atoms with Crippen molar-refractivity contribution >= 4 is 17.5 Å². The molecule has 176 valence electrons. The predicted molar refractivity (Wildman–Crippen MR) is 112 cm³/mol. The summed E-state index contributed by atoms with van der Waals surface area (Å²) in [4.78, 5) is 28.1. The molecule has 2 fully saturated rings. The summed E-state index contributed by atoms with van der Waals surface area (Å²) in [5.74, 6) is -1.79. The highest BCUT2D eigenvalue weighted by atomic mass is 35.5. The molecular weight excluding hydrogens is 466 g/mol. The SMILES string of the molecule is O=NC(=O)c1cc(C2CC2)c(CN2CCC(Oc3cc(C(F)(F)F)c(Cl)cn3)CC2)cc1F. The van der Waals surface area contributed by atoms with E-state index in [-0.39, 0.29) is 23.5 Å². The second-order valence-electron chi connectivity index (χ2n) is 8.30. The molecule has 1 saturated carbocycles. The molecule has 1 amide bonds. The van der Waals surface area contributed by atoms with Crippen LogP contribution in [0.2, 0.25) is 5.02 Å². The largest absolute Gasteiger partial charge is 0.474 e. The minimum atomic E-state index is -4.60. The Morgan fingerprint density at radius 2 is 1.88 bits per heavy atom. The molecule has 6 nitrogen and oxygen atoms in total. The van der Waals surface area contributed by atoms with Crippen molar-refractivity contribution in [3.05, 3.63) is 62.4 Å². The highest BCUT2D eigenvalue weighted by molar-refractivity contribution is 6.31. The molecule has 2 aromatic rings. The van der Waals surface area contributed by atoms with E-state index in [1.54, 1.807) is 0 Å². The molecule has 0 radical (unpaired) electrons. The summed E-state index contributed by atoms with van der Waals surface area (Å²) in [6.45, 7) is 1.63. The highest BCUT2D eigenvalue weighted by Gasteiger charge is 2.34. The highest BCUT2D eigenvalue weighted by Crippen LogP contribution is 2.43. The molecule has 1 aliphatic carbocycles. The third kappa shape index (κ3) is 5.50. The average Bonchev–Trinajstić information content (AvgIpc) is 3.60. The number of ether oxygens (including phenoxy) is 1. The molecule has 11 heteroatoms. The zero-order chi connectivity index (χ0) is 23.8. The lowest BCUT2D eigenvalue weighted by Crippen LogP contribution is -2.38. The summed E-state index contributed by atoms with van der Waals surface area (Å²) in [6.07, 6.45) is -1.00.